The molecule has 3 heteroatoms. The summed E-state index contributed by atoms with van der Waals surface area (Å²) in [4.78, 5) is 4.52. The van der Waals surface area contributed by atoms with Crippen molar-refractivity contribution in [2.75, 3.05) is 0 Å². The minimum absolute atomic E-state index is 0.699. The van der Waals surface area contributed by atoms with E-state index >= 15 is 0 Å². The fraction of sp³-hybridized carbons (Fsp3) is 0.700. The highest BCUT2D eigenvalue weighted by Gasteiger charge is 2.19. The Bertz CT molecular complexity index is 270. The zero-order valence-corrected chi connectivity index (χ0v) is 9.42. The first kappa shape index (κ1) is 9.47. The molecule has 0 bridgehead atoms. The number of halogens is 1. The van der Waals surface area contributed by atoms with Gasteiger partial charge in [-0.2, -0.15) is 0 Å². The van der Waals surface area contributed by atoms with Crippen molar-refractivity contribution in [3.63, 3.8) is 0 Å². The van der Waals surface area contributed by atoms with Gasteiger partial charge in [0.15, 0.2) is 0 Å². The summed E-state index contributed by atoms with van der Waals surface area (Å²) in [6, 6.07) is 0. The van der Waals surface area contributed by atoms with E-state index in [2.05, 4.69) is 4.98 Å². The van der Waals surface area contributed by atoms with Crippen LogP contribution in [0.25, 0.3) is 0 Å². The lowest BCUT2D eigenvalue weighted by molar-refractivity contribution is 0.442. The van der Waals surface area contributed by atoms with E-state index in [0.717, 1.165) is 10.0 Å². The molecule has 1 nitrogen and oxygen atoms in total. The van der Waals surface area contributed by atoms with Crippen LogP contribution < -0.4 is 0 Å². The highest BCUT2D eigenvalue weighted by molar-refractivity contribution is 7.16. The summed E-state index contributed by atoms with van der Waals surface area (Å²) in [5, 5.41) is 1.27. The molecule has 0 saturated heterocycles. The van der Waals surface area contributed by atoms with Gasteiger partial charge in [-0.05, 0) is 19.8 Å². The van der Waals surface area contributed by atoms with E-state index in [0.29, 0.717) is 5.92 Å². The van der Waals surface area contributed by atoms with Crippen LogP contribution in [0.15, 0.2) is 0 Å². The number of aromatic nitrogens is 1. The van der Waals surface area contributed by atoms with Crippen molar-refractivity contribution in [1.29, 1.82) is 0 Å². The Balaban J connectivity index is 2.14. The van der Waals surface area contributed by atoms with E-state index in [4.69, 9.17) is 11.6 Å². The second-order valence-electron chi connectivity index (χ2n) is 3.75. The minimum Gasteiger partial charge on any atom is -0.245 e. The Morgan fingerprint density at radius 3 is 2.54 bits per heavy atom. The number of hydrogen-bond donors (Lipinski definition) is 0. The second kappa shape index (κ2) is 3.97. The summed E-state index contributed by atoms with van der Waals surface area (Å²) >= 11 is 7.68. The van der Waals surface area contributed by atoms with Crippen molar-refractivity contribution < 1.29 is 0 Å². The van der Waals surface area contributed by atoms with Crippen molar-refractivity contribution in [1.82, 2.24) is 4.98 Å². The Morgan fingerprint density at radius 1 is 1.31 bits per heavy atom. The Kier molecular flexibility index (Phi) is 2.89. The molecule has 0 N–H and O–H groups in total. The van der Waals surface area contributed by atoms with Crippen molar-refractivity contribution >= 4 is 22.9 Å². The van der Waals surface area contributed by atoms with Crippen LogP contribution in [-0.4, -0.2) is 4.98 Å². The zero-order chi connectivity index (χ0) is 9.26. The molecule has 72 valence electrons. The molecule has 1 aromatic rings. The number of rotatable bonds is 1. The van der Waals surface area contributed by atoms with Gasteiger partial charge in [0, 0.05) is 5.92 Å². The van der Waals surface area contributed by atoms with Gasteiger partial charge in [0.25, 0.3) is 0 Å². The molecule has 13 heavy (non-hydrogen) atoms. The lowest BCUT2D eigenvalue weighted by Crippen LogP contribution is -2.03. The lowest BCUT2D eigenvalue weighted by atomic mass is 9.90. The van der Waals surface area contributed by atoms with Gasteiger partial charge in [-0.25, -0.2) is 4.98 Å². The van der Waals surface area contributed by atoms with Crippen LogP contribution in [0.4, 0.5) is 0 Å². The SMILES string of the molecule is Cc1nc(C2CCCCC2)sc1Cl. The van der Waals surface area contributed by atoms with Crippen LogP contribution in [0.5, 0.6) is 0 Å². The van der Waals surface area contributed by atoms with Crippen molar-refractivity contribution in [3.05, 3.63) is 15.0 Å². The van der Waals surface area contributed by atoms with E-state index in [1.54, 1.807) is 11.3 Å². The van der Waals surface area contributed by atoms with Crippen molar-refractivity contribution in [2.24, 2.45) is 0 Å². The summed E-state index contributed by atoms with van der Waals surface area (Å²) in [7, 11) is 0. The maximum atomic E-state index is 6.00. The molecule has 1 aliphatic carbocycles. The van der Waals surface area contributed by atoms with Gasteiger partial charge >= 0.3 is 0 Å². The monoisotopic (exact) mass is 215 g/mol. The molecule has 0 aliphatic heterocycles. The predicted octanol–water partition coefficient (Wildman–Crippen LogP) is 4.15. The number of thiazole rings is 1. The maximum absolute atomic E-state index is 6.00. The zero-order valence-electron chi connectivity index (χ0n) is 7.85. The second-order valence-corrected chi connectivity index (χ2v) is 5.38. The topological polar surface area (TPSA) is 12.9 Å². The number of nitrogens with zero attached hydrogens (tertiary/aromatic N) is 1. The third kappa shape index (κ3) is 2.05. The molecule has 0 unspecified atom stereocenters. The highest BCUT2D eigenvalue weighted by atomic mass is 35.5. The summed E-state index contributed by atoms with van der Waals surface area (Å²) in [5.74, 6) is 0.699. The summed E-state index contributed by atoms with van der Waals surface area (Å²) in [6.45, 7) is 1.99. The Morgan fingerprint density at radius 2 is 2.00 bits per heavy atom. The van der Waals surface area contributed by atoms with Crippen LogP contribution in [0.1, 0.15) is 48.7 Å². The molecule has 0 radical (unpaired) electrons. The molecule has 1 fully saturated rings. The molecular weight excluding hydrogens is 202 g/mol. The van der Waals surface area contributed by atoms with Gasteiger partial charge in [-0.15, -0.1) is 11.3 Å². The fourth-order valence-electron chi connectivity index (χ4n) is 1.92. The maximum Gasteiger partial charge on any atom is 0.116 e. The molecular formula is C10H14ClNS. The van der Waals surface area contributed by atoms with E-state index in [9.17, 15) is 0 Å². The standard InChI is InChI=1S/C10H14ClNS/c1-7-9(11)13-10(12-7)8-5-3-2-4-6-8/h8H,2-6H2,1H3. The molecule has 0 atom stereocenters. The quantitative estimate of drug-likeness (QED) is 0.686. The first-order valence-corrected chi connectivity index (χ1v) is 6.09. The molecule has 2 rings (SSSR count). The van der Waals surface area contributed by atoms with Crippen LogP contribution >= 0.6 is 22.9 Å². The fourth-order valence-corrected chi connectivity index (χ4v) is 3.16. The van der Waals surface area contributed by atoms with E-state index in [1.807, 2.05) is 6.92 Å². The predicted molar refractivity (Wildman–Crippen MR) is 57.7 cm³/mol. The summed E-state index contributed by atoms with van der Waals surface area (Å²) < 4.78 is 0.876. The van der Waals surface area contributed by atoms with E-state index < -0.39 is 0 Å². The van der Waals surface area contributed by atoms with Crippen molar-refractivity contribution in [3.8, 4) is 0 Å². The van der Waals surface area contributed by atoms with Gasteiger partial charge in [0.2, 0.25) is 0 Å². The largest absolute Gasteiger partial charge is 0.245 e. The normalized spacial score (nSPS) is 19.2. The van der Waals surface area contributed by atoms with Crippen molar-refractivity contribution in [2.45, 2.75) is 44.9 Å². The third-order valence-corrected chi connectivity index (χ3v) is 4.32. The Labute approximate surface area is 88.1 Å². The van der Waals surface area contributed by atoms with Gasteiger partial charge < -0.3 is 0 Å². The molecule has 1 aromatic heterocycles. The highest BCUT2D eigenvalue weighted by Crippen LogP contribution is 2.37. The molecule has 0 amide bonds. The van der Waals surface area contributed by atoms with Crippen LogP contribution in [-0.2, 0) is 0 Å². The van der Waals surface area contributed by atoms with E-state index in [-0.39, 0.29) is 0 Å². The average molecular weight is 216 g/mol. The van der Waals surface area contributed by atoms with E-state index in [1.165, 1.54) is 37.1 Å². The summed E-state index contributed by atoms with van der Waals surface area (Å²) in [6.07, 6.45) is 6.74. The minimum atomic E-state index is 0.699. The molecule has 0 aromatic carbocycles. The third-order valence-electron chi connectivity index (χ3n) is 2.71. The molecule has 0 spiro atoms. The van der Waals surface area contributed by atoms with Crippen LogP contribution in [0.3, 0.4) is 0 Å². The Hall–Kier alpha value is -0.0800. The smallest absolute Gasteiger partial charge is 0.116 e. The number of aryl methyl sites for hydroxylation is 1. The lowest BCUT2D eigenvalue weighted by Gasteiger charge is -2.18. The van der Waals surface area contributed by atoms with Gasteiger partial charge in [-0.1, -0.05) is 30.9 Å². The first-order chi connectivity index (χ1) is 6.27. The molecule has 1 heterocycles. The summed E-state index contributed by atoms with van der Waals surface area (Å²) in [5.41, 5.74) is 1.01. The first-order valence-electron chi connectivity index (χ1n) is 4.90. The van der Waals surface area contributed by atoms with Crippen LogP contribution in [0, 0.1) is 6.92 Å². The van der Waals surface area contributed by atoms with Crippen LogP contribution in [0.2, 0.25) is 4.34 Å². The average Bonchev–Trinajstić information content (AvgIpc) is 2.49. The van der Waals surface area contributed by atoms with Gasteiger partial charge in [0.1, 0.15) is 4.34 Å². The van der Waals surface area contributed by atoms with Gasteiger partial charge in [-0.3, -0.25) is 0 Å². The number of hydrogen-bond acceptors (Lipinski definition) is 2. The molecule has 1 aliphatic rings. The van der Waals surface area contributed by atoms with Gasteiger partial charge in [0.05, 0.1) is 10.7 Å². The molecule has 1 saturated carbocycles.